The van der Waals surface area contributed by atoms with Gasteiger partial charge >= 0.3 is 0 Å². The van der Waals surface area contributed by atoms with Gasteiger partial charge in [0.05, 0.1) is 12.6 Å². The first kappa shape index (κ1) is 11.5. The summed E-state index contributed by atoms with van der Waals surface area (Å²) in [6, 6.07) is 0. The molecule has 5 nitrogen and oxygen atoms in total. The van der Waals surface area contributed by atoms with E-state index in [0.717, 1.165) is 32.7 Å². The quantitative estimate of drug-likeness (QED) is 0.774. The van der Waals surface area contributed by atoms with Crippen molar-refractivity contribution in [1.29, 1.82) is 0 Å². The van der Waals surface area contributed by atoms with Gasteiger partial charge in [0.15, 0.2) is 0 Å². The number of aryl methyl sites for hydroxylation is 1. The van der Waals surface area contributed by atoms with E-state index in [1.807, 2.05) is 13.8 Å². The Balaban J connectivity index is 1.85. The maximum absolute atomic E-state index is 5.65. The van der Waals surface area contributed by atoms with Gasteiger partial charge < -0.3 is 9.15 Å². The molecule has 1 aromatic rings. The van der Waals surface area contributed by atoms with Crippen LogP contribution in [0.3, 0.4) is 0 Å². The summed E-state index contributed by atoms with van der Waals surface area (Å²) in [5, 5.41) is 7.84. The van der Waals surface area contributed by atoms with Crippen molar-refractivity contribution >= 4 is 0 Å². The van der Waals surface area contributed by atoms with Crippen molar-refractivity contribution in [3.05, 3.63) is 11.8 Å². The second-order valence-electron chi connectivity index (χ2n) is 4.17. The highest BCUT2D eigenvalue weighted by Crippen LogP contribution is 2.15. The first-order chi connectivity index (χ1) is 7.78. The number of piperidine rings is 1. The predicted molar refractivity (Wildman–Crippen MR) is 59.0 cm³/mol. The fourth-order valence-corrected chi connectivity index (χ4v) is 2.12. The Bertz CT molecular complexity index is 325. The normalized spacial score (nSPS) is 22.5. The molecule has 90 valence electrons. The van der Waals surface area contributed by atoms with E-state index in [0.29, 0.717) is 17.9 Å². The Morgan fingerprint density at radius 1 is 1.50 bits per heavy atom. The van der Waals surface area contributed by atoms with E-state index in [-0.39, 0.29) is 0 Å². The van der Waals surface area contributed by atoms with Gasteiger partial charge in [0, 0.05) is 20.1 Å². The lowest BCUT2D eigenvalue weighted by Crippen LogP contribution is -2.39. The van der Waals surface area contributed by atoms with Crippen LogP contribution in [0.5, 0.6) is 0 Å². The summed E-state index contributed by atoms with van der Waals surface area (Å²) in [5.74, 6) is 1.34. The summed E-state index contributed by atoms with van der Waals surface area (Å²) in [4.78, 5) is 2.32. The topological polar surface area (TPSA) is 51.4 Å². The smallest absolute Gasteiger partial charge is 0.230 e. The van der Waals surface area contributed by atoms with Gasteiger partial charge in [-0.1, -0.05) is 0 Å². The highest BCUT2D eigenvalue weighted by Gasteiger charge is 2.21. The molecule has 0 spiro atoms. The van der Waals surface area contributed by atoms with E-state index in [2.05, 4.69) is 15.1 Å². The SMILES string of the molecule is CCO[C@@H]1CCCN(Cc2nnc(C)o2)C1. The fourth-order valence-electron chi connectivity index (χ4n) is 2.12. The fraction of sp³-hybridized carbons (Fsp3) is 0.818. The van der Waals surface area contributed by atoms with Crippen molar-refractivity contribution in [3.8, 4) is 0 Å². The monoisotopic (exact) mass is 225 g/mol. The number of aromatic nitrogens is 2. The third-order valence-electron chi connectivity index (χ3n) is 2.79. The zero-order valence-electron chi connectivity index (χ0n) is 9.98. The standard InChI is InChI=1S/C11H19N3O2/c1-3-15-10-5-4-6-14(7-10)8-11-13-12-9(2)16-11/h10H,3-8H2,1-2H3/t10-/m1/s1. The summed E-state index contributed by atoms with van der Waals surface area (Å²) in [5.41, 5.74) is 0. The number of hydrogen-bond donors (Lipinski definition) is 0. The van der Waals surface area contributed by atoms with E-state index in [4.69, 9.17) is 9.15 Å². The molecule has 1 aromatic heterocycles. The Hall–Kier alpha value is -0.940. The molecule has 1 aliphatic heterocycles. The van der Waals surface area contributed by atoms with Gasteiger partial charge in [-0.05, 0) is 26.3 Å². The van der Waals surface area contributed by atoms with Gasteiger partial charge in [-0.3, -0.25) is 4.90 Å². The lowest BCUT2D eigenvalue weighted by molar-refractivity contribution is 0.00150. The lowest BCUT2D eigenvalue weighted by atomic mass is 10.1. The molecule has 1 saturated heterocycles. The minimum Gasteiger partial charge on any atom is -0.424 e. The molecule has 16 heavy (non-hydrogen) atoms. The van der Waals surface area contributed by atoms with Gasteiger partial charge in [0.25, 0.3) is 0 Å². The van der Waals surface area contributed by atoms with Crippen molar-refractivity contribution in [2.75, 3.05) is 19.7 Å². The number of rotatable bonds is 4. The zero-order valence-corrected chi connectivity index (χ0v) is 9.98. The van der Waals surface area contributed by atoms with Crippen molar-refractivity contribution in [3.63, 3.8) is 0 Å². The molecule has 1 fully saturated rings. The first-order valence-electron chi connectivity index (χ1n) is 5.91. The van der Waals surface area contributed by atoms with Crippen molar-refractivity contribution in [2.45, 2.75) is 39.3 Å². The molecule has 0 saturated carbocycles. The minimum absolute atomic E-state index is 0.364. The largest absolute Gasteiger partial charge is 0.424 e. The van der Waals surface area contributed by atoms with E-state index in [1.54, 1.807) is 0 Å². The second-order valence-corrected chi connectivity index (χ2v) is 4.17. The molecule has 0 aromatic carbocycles. The number of nitrogens with zero attached hydrogens (tertiary/aromatic N) is 3. The van der Waals surface area contributed by atoms with Crippen LogP contribution < -0.4 is 0 Å². The number of ether oxygens (including phenoxy) is 1. The summed E-state index contributed by atoms with van der Waals surface area (Å²) < 4.78 is 11.0. The second kappa shape index (κ2) is 5.41. The number of hydrogen-bond acceptors (Lipinski definition) is 5. The average Bonchev–Trinajstić information content (AvgIpc) is 2.65. The van der Waals surface area contributed by atoms with E-state index < -0.39 is 0 Å². The van der Waals surface area contributed by atoms with Crippen LogP contribution in [0.1, 0.15) is 31.5 Å². The molecule has 1 aliphatic rings. The molecule has 0 radical (unpaired) electrons. The van der Waals surface area contributed by atoms with E-state index in [9.17, 15) is 0 Å². The Kier molecular flexibility index (Phi) is 3.90. The van der Waals surface area contributed by atoms with E-state index >= 15 is 0 Å². The van der Waals surface area contributed by atoms with Crippen LogP contribution in [0.25, 0.3) is 0 Å². The van der Waals surface area contributed by atoms with Gasteiger partial charge in [-0.15, -0.1) is 10.2 Å². The Morgan fingerprint density at radius 2 is 2.38 bits per heavy atom. The average molecular weight is 225 g/mol. The Labute approximate surface area is 95.8 Å². The highest BCUT2D eigenvalue weighted by molar-refractivity contribution is 4.82. The summed E-state index contributed by atoms with van der Waals surface area (Å²) >= 11 is 0. The van der Waals surface area contributed by atoms with Crippen LogP contribution in [0.2, 0.25) is 0 Å². The summed E-state index contributed by atoms with van der Waals surface area (Å²) in [7, 11) is 0. The minimum atomic E-state index is 0.364. The summed E-state index contributed by atoms with van der Waals surface area (Å²) in [6.07, 6.45) is 2.70. The molecular weight excluding hydrogens is 206 g/mol. The van der Waals surface area contributed by atoms with Crippen molar-refractivity contribution in [1.82, 2.24) is 15.1 Å². The molecular formula is C11H19N3O2. The van der Waals surface area contributed by atoms with Crippen molar-refractivity contribution in [2.24, 2.45) is 0 Å². The van der Waals surface area contributed by atoms with Gasteiger partial charge in [0.1, 0.15) is 0 Å². The van der Waals surface area contributed by atoms with Crippen LogP contribution in [0.15, 0.2) is 4.42 Å². The molecule has 1 atom stereocenters. The molecule has 0 amide bonds. The van der Waals surface area contributed by atoms with Crippen molar-refractivity contribution < 1.29 is 9.15 Å². The zero-order chi connectivity index (χ0) is 11.4. The maximum Gasteiger partial charge on any atom is 0.230 e. The molecule has 0 unspecified atom stereocenters. The molecule has 2 heterocycles. The van der Waals surface area contributed by atoms with Gasteiger partial charge in [-0.2, -0.15) is 0 Å². The lowest BCUT2D eigenvalue weighted by Gasteiger charge is -2.31. The maximum atomic E-state index is 5.65. The van der Waals surface area contributed by atoms with Gasteiger partial charge in [-0.25, -0.2) is 0 Å². The predicted octanol–water partition coefficient (Wildman–Crippen LogP) is 1.38. The molecule has 5 heteroatoms. The first-order valence-corrected chi connectivity index (χ1v) is 5.91. The van der Waals surface area contributed by atoms with Gasteiger partial charge in [0.2, 0.25) is 11.8 Å². The molecule has 0 N–H and O–H groups in total. The molecule has 0 bridgehead atoms. The van der Waals surface area contributed by atoms with E-state index in [1.165, 1.54) is 6.42 Å². The Morgan fingerprint density at radius 3 is 3.06 bits per heavy atom. The highest BCUT2D eigenvalue weighted by atomic mass is 16.5. The van der Waals surface area contributed by atoms with Crippen LogP contribution in [-0.2, 0) is 11.3 Å². The third-order valence-corrected chi connectivity index (χ3v) is 2.79. The number of likely N-dealkylation sites (tertiary alicyclic amines) is 1. The van der Waals surface area contributed by atoms with Crippen LogP contribution in [-0.4, -0.2) is 40.9 Å². The third kappa shape index (κ3) is 3.02. The molecule has 2 rings (SSSR count). The van der Waals surface area contributed by atoms with Crippen LogP contribution >= 0.6 is 0 Å². The van der Waals surface area contributed by atoms with Crippen LogP contribution in [0.4, 0.5) is 0 Å². The molecule has 0 aliphatic carbocycles. The summed E-state index contributed by atoms with van der Waals surface area (Å²) in [6.45, 7) is 7.44. The van der Waals surface area contributed by atoms with Crippen LogP contribution in [0, 0.1) is 6.92 Å².